The third-order valence-corrected chi connectivity index (χ3v) is 4.38. The van der Waals surface area contributed by atoms with Crippen LogP contribution in [0.5, 0.6) is 0 Å². The van der Waals surface area contributed by atoms with E-state index in [4.69, 9.17) is 5.11 Å². The molecule has 102 valence electrons. The predicted octanol–water partition coefficient (Wildman–Crippen LogP) is 1.54. The molecule has 0 aromatic rings. The lowest BCUT2D eigenvalue weighted by atomic mass is 9.98. The number of amides is 2. The molecule has 0 aromatic carbocycles. The molecule has 1 saturated carbocycles. The van der Waals surface area contributed by atoms with E-state index in [2.05, 4.69) is 12.2 Å². The second-order valence-corrected chi connectivity index (χ2v) is 5.62. The van der Waals surface area contributed by atoms with E-state index in [1.165, 1.54) is 19.3 Å². The van der Waals surface area contributed by atoms with Crippen LogP contribution in [-0.4, -0.2) is 41.6 Å². The molecule has 1 aliphatic heterocycles. The number of nitrogens with zero attached hydrogens (tertiary/aromatic N) is 1. The van der Waals surface area contributed by atoms with Gasteiger partial charge in [0.05, 0.1) is 5.92 Å². The third-order valence-electron chi connectivity index (χ3n) is 4.38. The number of carboxylic acid groups (broad SMARTS) is 1. The quantitative estimate of drug-likeness (QED) is 0.802. The molecule has 2 N–H and O–H groups in total. The summed E-state index contributed by atoms with van der Waals surface area (Å²) in [7, 11) is 0. The summed E-state index contributed by atoms with van der Waals surface area (Å²) in [5.74, 6) is 0.0957. The minimum absolute atomic E-state index is 0.0992. The van der Waals surface area contributed by atoms with Crippen molar-refractivity contribution in [3.05, 3.63) is 0 Å². The van der Waals surface area contributed by atoms with Crippen molar-refractivity contribution in [1.29, 1.82) is 0 Å². The number of carboxylic acids is 1. The molecule has 0 radical (unpaired) electrons. The van der Waals surface area contributed by atoms with Crippen LogP contribution in [-0.2, 0) is 4.79 Å². The molecule has 2 fully saturated rings. The summed E-state index contributed by atoms with van der Waals surface area (Å²) in [5.41, 5.74) is 0. The minimum Gasteiger partial charge on any atom is -0.481 e. The summed E-state index contributed by atoms with van der Waals surface area (Å²) in [6, 6.07) is -0.0992. The molecular formula is C13H22N2O3. The molecular weight excluding hydrogens is 232 g/mol. The molecule has 2 rings (SSSR count). The maximum Gasteiger partial charge on any atom is 0.317 e. The zero-order chi connectivity index (χ0) is 13.1. The minimum atomic E-state index is -0.797. The van der Waals surface area contributed by atoms with Crippen molar-refractivity contribution >= 4 is 12.0 Å². The van der Waals surface area contributed by atoms with Crippen LogP contribution in [0.4, 0.5) is 4.79 Å². The van der Waals surface area contributed by atoms with E-state index in [1.807, 2.05) is 0 Å². The summed E-state index contributed by atoms with van der Waals surface area (Å²) >= 11 is 0. The molecule has 5 nitrogen and oxygen atoms in total. The molecule has 1 aliphatic carbocycles. The molecule has 5 heteroatoms. The second-order valence-electron chi connectivity index (χ2n) is 5.62. The van der Waals surface area contributed by atoms with Crippen LogP contribution < -0.4 is 5.32 Å². The first kappa shape index (κ1) is 13.2. The number of nitrogens with one attached hydrogen (secondary N) is 1. The molecule has 1 saturated heterocycles. The second kappa shape index (κ2) is 5.59. The number of carbonyl (C=O) groups is 2. The summed E-state index contributed by atoms with van der Waals surface area (Å²) in [5, 5.41) is 11.8. The number of hydrogen-bond donors (Lipinski definition) is 2. The smallest absolute Gasteiger partial charge is 0.317 e. The average molecular weight is 254 g/mol. The molecule has 0 bridgehead atoms. The average Bonchev–Trinajstić information content (AvgIpc) is 2.94. The lowest BCUT2D eigenvalue weighted by molar-refractivity contribution is -0.141. The Bertz CT molecular complexity index is 332. The Hall–Kier alpha value is -1.26. The van der Waals surface area contributed by atoms with Gasteiger partial charge in [-0.05, 0) is 24.7 Å². The zero-order valence-corrected chi connectivity index (χ0v) is 10.9. The standard InChI is InChI=1S/C13H22N2O3/c1-9-3-2-4-10(9)7-14-13(18)15-6-5-11(8-15)12(16)17/h9-11H,2-8H2,1H3,(H,14,18)(H,16,17). The lowest BCUT2D eigenvalue weighted by Gasteiger charge is -2.20. The van der Waals surface area contributed by atoms with Gasteiger partial charge in [-0.1, -0.05) is 19.8 Å². The number of aliphatic carboxylic acids is 1. The maximum atomic E-state index is 11.9. The van der Waals surface area contributed by atoms with Crippen LogP contribution >= 0.6 is 0 Å². The van der Waals surface area contributed by atoms with E-state index in [1.54, 1.807) is 4.90 Å². The van der Waals surface area contributed by atoms with Crippen molar-refractivity contribution in [2.75, 3.05) is 19.6 Å². The Labute approximate surface area is 108 Å². The van der Waals surface area contributed by atoms with E-state index in [-0.39, 0.29) is 11.9 Å². The molecule has 0 spiro atoms. The molecule has 18 heavy (non-hydrogen) atoms. The van der Waals surface area contributed by atoms with Crippen molar-refractivity contribution in [1.82, 2.24) is 10.2 Å². The van der Waals surface area contributed by atoms with Gasteiger partial charge in [0.15, 0.2) is 0 Å². The topological polar surface area (TPSA) is 69.6 Å². The van der Waals surface area contributed by atoms with Crippen molar-refractivity contribution in [2.45, 2.75) is 32.6 Å². The number of urea groups is 1. The SMILES string of the molecule is CC1CCCC1CNC(=O)N1CCC(C(=O)O)C1. The van der Waals surface area contributed by atoms with Crippen LogP contribution in [0.1, 0.15) is 32.6 Å². The van der Waals surface area contributed by atoms with Gasteiger partial charge >= 0.3 is 12.0 Å². The zero-order valence-electron chi connectivity index (χ0n) is 10.9. The Morgan fingerprint density at radius 2 is 2.11 bits per heavy atom. The van der Waals surface area contributed by atoms with Gasteiger partial charge in [-0.25, -0.2) is 4.79 Å². The molecule has 0 aromatic heterocycles. The molecule has 2 amide bonds. The van der Waals surface area contributed by atoms with Gasteiger partial charge in [-0.15, -0.1) is 0 Å². The van der Waals surface area contributed by atoms with E-state index in [0.717, 1.165) is 6.54 Å². The summed E-state index contributed by atoms with van der Waals surface area (Å²) in [6.45, 7) is 3.87. The fourth-order valence-electron chi connectivity index (χ4n) is 3.00. The molecule has 3 atom stereocenters. The van der Waals surface area contributed by atoms with Crippen LogP contribution in [0.25, 0.3) is 0 Å². The first-order valence-electron chi connectivity index (χ1n) is 6.83. The normalized spacial score (nSPS) is 31.6. The Morgan fingerprint density at radius 3 is 2.67 bits per heavy atom. The number of rotatable bonds is 3. The van der Waals surface area contributed by atoms with Gasteiger partial charge in [0, 0.05) is 19.6 Å². The fourth-order valence-corrected chi connectivity index (χ4v) is 3.00. The molecule has 3 unspecified atom stereocenters. The molecule has 2 aliphatic rings. The molecule has 1 heterocycles. The predicted molar refractivity (Wildman–Crippen MR) is 67.2 cm³/mol. The fraction of sp³-hybridized carbons (Fsp3) is 0.846. The van der Waals surface area contributed by atoms with Gasteiger partial charge in [0.2, 0.25) is 0 Å². The van der Waals surface area contributed by atoms with Crippen molar-refractivity contribution in [3.63, 3.8) is 0 Å². The van der Waals surface area contributed by atoms with Crippen LogP contribution in [0, 0.1) is 17.8 Å². The Morgan fingerprint density at radius 1 is 1.33 bits per heavy atom. The van der Waals surface area contributed by atoms with Gasteiger partial charge < -0.3 is 15.3 Å². The van der Waals surface area contributed by atoms with Gasteiger partial charge in [-0.2, -0.15) is 0 Å². The maximum absolute atomic E-state index is 11.9. The summed E-state index contributed by atoms with van der Waals surface area (Å²) in [6.07, 6.45) is 4.28. The van der Waals surface area contributed by atoms with E-state index >= 15 is 0 Å². The number of likely N-dealkylation sites (tertiary alicyclic amines) is 1. The highest BCUT2D eigenvalue weighted by atomic mass is 16.4. The monoisotopic (exact) mass is 254 g/mol. The van der Waals surface area contributed by atoms with Gasteiger partial charge in [0.25, 0.3) is 0 Å². The Kier molecular flexibility index (Phi) is 4.09. The van der Waals surface area contributed by atoms with Crippen molar-refractivity contribution in [2.24, 2.45) is 17.8 Å². The third kappa shape index (κ3) is 2.94. The van der Waals surface area contributed by atoms with Crippen LogP contribution in [0.2, 0.25) is 0 Å². The van der Waals surface area contributed by atoms with Crippen molar-refractivity contribution in [3.8, 4) is 0 Å². The first-order valence-corrected chi connectivity index (χ1v) is 6.83. The highest BCUT2D eigenvalue weighted by Gasteiger charge is 2.31. The van der Waals surface area contributed by atoms with Crippen LogP contribution in [0.15, 0.2) is 0 Å². The van der Waals surface area contributed by atoms with Gasteiger partial charge in [-0.3, -0.25) is 4.79 Å². The van der Waals surface area contributed by atoms with E-state index < -0.39 is 5.97 Å². The lowest BCUT2D eigenvalue weighted by Crippen LogP contribution is -2.41. The van der Waals surface area contributed by atoms with E-state index in [0.29, 0.717) is 31.3 Å². The highest BCUT2D eigenvalue weighted by molar-refractivity contribution is 5.77. The number of hydrogen-bond acceptors (Lipinski definition) is 2. The first-order chi connectivity index (χ1) is 8.58. The summed E-state index contributed by atoms with van der Waals surface area (Å²) in [4.78, 5) is 24.3. The number of carbonyl (C=O) groups excluding carboxylic acids is 1. The highest BCUT2D eigenvalue weighted by Crippen LogP contribution is 2.30. The summed E-state index contributed by atoms with van der Waals surface area (Å²) < 4.78 is 0. The van der Waals surface area contributed by atoms with Crippen LogP contribution in [0.3, 0.4) is 0 Å². The Balaban J connectivity index is 1.74. The van der Waals surface area contributed by atoms with Gasteiger partial charge in [0.1, 0.15) is 0 Å². The largest absolute Gasteiger partial charge is 0.481 e. The van der Waals surface area contributed by atoms with E-state index in [9.17, 15) is 9.59 Å². The van der Waals surface area contributed by atoms with Crippen molar-refractivity contribution < 1.29 is 14.7 Å².